The lowest BCUT2D eigenvalue weighted by Gasteiger charge is -2.14. The highest BCUT2D eigenvalue weighted by molar-refractivity contribution is 5.16. The van der Waals surface area contributed by atoms with Gasteiger partial charge < -0.3 is 9.47 Å². The third-order valence-corrected chi connectivity index (χ3v) is 1.59. The van der Waals surface area contributed by atoms with Gasteiger partial charge in [-0.3, -0.25) is 0 Å². The fraction of sp³-hybridized carbons (Fsp3) is 0.429. The van der Waals surface area contributed by atoms with Crippen LogP contribution in [-0.4, -0.2) is 12.7 Å². The lowest BCUT2D eigenvalue weighted by atomic mass is 10.1. The predicted molar refractivity (Wildman–Crippen MR) is 32.7 cm³/mol. The van der Waals surface area contributed by atoms with Crippen molar-refractivity contribution in [3.05, 3.63) is 24.2 Å². The Morgan fingerprint density at radius 2 is 2.56 bits per heavy atom. The maximum atomic E-state index is 5.23. The summed E-state index contributed by atoms with van der Waals surface area (Å²) in [6, 6.07) is 0. The van der Waals surface area contributed by atoms with E-state index in [1.807, 2.05) is 6.08 Å². The highest BCUT2D eigenvalue weighted by atomic mass is 16.5. The Balaban J connectivity index is 2.20. The topological polar surface area (TPSA) is 18.5 Å². The highest BCUT2D eigenvalue weighted by Crippen LogP contribution is 2.22. The predicted octanol–water partition coefficient (Wildman–Crippen LogP) is 1.20. The largest absolute Gasteiger partial charge is 0.497 e. The van der Waals surface area contributed by atoms with Gasteiger partial charge in [0.05, 0.1) is 12.5 Å². The molecule has 2 rings (SSSR count). The van der Waals surface area contributed by atoms with Crippen molar-refractivity contribution in [2.45, 2.75) is 12.5 Å². The van der Waals surface area contributed by atoms with Gasteiger partial charge in [0.25, 0.3) is 0 Å². The molecule has 0 bridgehead atoms. The van der Waals surface area contributed by atoms with E-state index in [4.69, 9.17) is 9.47 Å². The molecule has 1 atom stereocenters. The van der Waals surface area contributed by atoms with Gasteiger partial charge in [0.1, 0.15) is 6.61 Å². The van der Waals surface area contributed by atoms with E-state index in [9.17, 15) is 0 Å². The Kier molecular flexibility index (Phi) is 0.979. The second-order valence-electron chi connectivity index (χ2n) is 2.23. The van der Waals surface area contributed by atoms with Crippen LogP contribution in [0.3, 0.4) is 0 Å². The summed E-state index contributed by atoms with van der Waals surface area (Å²) >= 11 is 0. The Bertz CT molecular complexity index is 170. The molecule has 1 unspecified atom stereocenters. The van der Waals surface area contributed by atoms with Crippen molar-refractivity contribution in [3.8, 4) is 0 Å². The van der Waals surface area contributed by atoms with E-state index in [1.165, 1.54) is 5.57 Å². The zero-order chi connectivity index (χ0) is 6.10. The maximum Gasteiger partial charge on any atom is 0.156 e. The number of hydrogen-bond donors (Lipinski definition) is 0. The number of hydrogen-bond acceptors (Lipinski definition) is 2. The normalized spacial score (nSPS) is 30.2. The van der Waals surface area contributed by atoms with Crippen molar-refractivity contribution >= 4 is 0 Å². The van der Waals surface area contributed by atoms with E-state index in [1.54, 1.807) is 12.5 Å². The molecule has 0 fully saturated rings. The summed E-state index contributed by atoms with van der Waals surface area (Å²) in [5, 5.41) is 0. The smallest absolute Gasteiger partial charge is 0.156 e. The molecule has 9 heavy (non-hydrogen) atoms. The van der Waals surface area contributed by atoms with E-state index in [0.29, 0.717) is 6.61 Å². The molecule has 0 aromatic carbocycles. The van der Waals surface area contributed by atoms with Crippen molar-refractivity contribution in [3.63, 3.8) is 0 Å². The molecule has 2 heteroatoms. The van der Waals surface area contributed by atoms with Crippen LogP contribution in [0.15, 0.2) is 24.2 Å². The van der Waals surface area contributed by atoms with Gasteiger partial charge in [-0.1, -0.05) is 0 Å². The average Bonchev–Trinajstić information content (AvgIpc) is 2.33. The third kappa shape index (κ3) is 0.707. The van der Waals surface area contributed by atoms with Crippen LogP contribution < -0.4 is 0 Å². The molecule has 2 heterocycles. The van der Waals surface area contributed by atoms with Crippen LogP contribution in [0, 0.1) is 0 Å². The molecule has 2 nitrogen and oxygen atoms in total. The minimum absolute atomic E-state index is 0.218. The molecule has 0 aromatic rings. The minimum atomic E-state index is 0.218. The van der Waals surface area contributed by atoms with Crippen LogP contribution in [0.2, 0.25) is 0 Å². The molecule has 0 radical (unpaired) electrons. The van der Waals surface area contributed by atoms with E-state index >= 15 is 0 Å². The summed E-state index contributed by atoms with van der Waals surface area (Å²) in [7, 11) is 0. The van der Waals surface area contributed by atoms with Crippen molar-refractivity contribution in [2.24, 2.45) is 0 Å². The second kappa shape index (κ2) is 1.79. The third-order valence-electron chi connectivity index (χ3n) is 1.59. The molecule has 0 spiro atoms. The van der Waals surface area contributed by atoms with Gasteiger partial charge >= 0.3 is 0 Å². The van der Waals surface area contributed by atoms with Gasteiger partial charge in [-0.2, -0.15) is 0 Å². The first-order chi connectivity index (χ1) is 4.47. The molecule has 2 aliphatic rings. The number of allylic oxidation sites excluding steroid dienone is 1. The van der Waals surface area contributed by atoms with Crippen LogP contribution in [0.4, 0.5) is 0 Å². The van der Waals surface area contributed by atoms with Gasteiger partial charge in [-0.15, -0.1) is 0 Å². The Labute approximate surface area is 53.8 Å². The zero-order valence-electron chi connectivity index (χ0n) is 5.04. The number of fused-ring (bicyclic) bond motifs is 1. The quantitative estimate of drug-likeness (QED) is 0.483. The van der Waals surface area contributed by atoms with Crippen LogP contribution in [0.5, 0.6) is 0 Å². The SMILES string of the molecule is C1=COC2COC=C2C1. The standard InChI is InChI=1S/C7H8O2/c1-2-6-4-8-5-7(6)9-3-1/h1,3-4,7H,2,5H2. The van der Waals surface area contributed by atoms with Gasteiger partial charge in [0.15, 0.2) is 6.10 Å². The van der Waals surface area contributed by atoms with Crippen LogP contribution in [0.1, 0.15) is 6.42 Å². The fourth-order valence-corrected chi connectivity index (χ4v) is 1.07. The molecular weight excluding hydrogens is 116 g/mol. The number of rotatable bonds is 0. The Morgan fingerprint density at radius 3 is 3.44 bits per heavy atom. The van der Waals surface area contributed by atoms with Crippen LogP contribution in [0.25, 0.3) is 0 Å². The van der Waals surface area contributed by atoms with Gasteiger partial charge in [0.2, 0.25) is 0 Å². The van der Waals surface area contributed by atoms with Gasteiger partial charge in [-0.25, -0.2) is 0 Å². The van der Waals surface area contributed by atoms with Crippen molar-refractivity contribution < 1.29 is 9.47 Å². The summed E-state index contributed by atoms with van der Waals surface area (Å²) < 4.78 is 10.3. The van der Waals surface area contributed by atoms with Gasteiger partial charge in [0, 0.05) is 5.57 Å². The average molecular weight is 124 g/mol. The second-order valence-corrected chi connectivity index (χ2v) is 2.23. The summed E-state index contributed by atoms with van der Waals surface area (Å²) in [6.07, 6.45) is 6.75. The summed E-state index contributed by atoms with van der Waals surface area (Å²) in [5.41, 5.74) is 1.26. The van der Waals surface area contributed by atoms with Crippen molar-refractivity contribution in [1.82, 2.24) is 0 Å². The van der Waals surface area contributed by atoms with E-state index in [2.05, 4.69) is 0 Å². The molecular formula is C7H8O2. The minimum Gasteiger partial charge on any atom is -0.497 e. The summed E-state index contributed by atoms with van der Waals surface area (Å²) in [5.74, 6) is 0. The van der Waals surface area contributed by atoms with Crippen LogP contribution in [-0.2, 0) is 9.47 Å². The molecule has 0 N–H and O–H groups in total. The summed E-state index contributed by atoms with van der Waals surface area (Å²) in [6.45, 7) is 0.694. The molecule has 0 amide bonds. The molecule has 0 saturated carbocycles. The Morgan fingerprint density at radius 1 is 1.56 bits per heavy atom. The zero-order valence-corrected chi connectivity index (χ0v) is 5.04. The van der Waals surface area contributed by atoms with E-state index < -0.39 is 0 Å². The number of ether oxygens (including phenoxy) is 2. The molecule has 0 aromatic heterocycles. The molecule has 0 aliphatic carbocycles. The first-order valence-electron chi connectivity index (χ1n) is 3.08. The monoisotopic (exact) mass is 124 g/mol. The van der Waals surface area contributed by atoms with E-state index in [0.717, 1.165) is 6.42 Å². The fourth-order valence-electron chi connectivity index (χ4n) is 1.07. The molecule has 0 saturated heterocycles. The maximum absolute atomic E-state index is 5.23. The Hall–Kier alpha value is -0.920. The van der Waals surface area contributed by atoms with Crippen molar-refractivity contribution in [1.29, 1.82) is 0 Å². The van der Waals surface area contributed by atoms with Crippen LogP contribution >= 0.6 is 0 Å². The first kappa shape index (κ1) is 4.91. The molecule has 48 valence electrons. The lowest BCUT2D eigenvalue weighted by molar-refractivity contribution is 0.117. The van der Waals surface area contributed by atoms with Gasteiger partial charge in [-0.05, 0) is 12.5 Å². The highest BCUT2D eigenvalue weighted by Gasteiger charge is 2.22. The summed E-state index contributed by atoms with van der Waals surface area (Å²) in [4.78, 5) is 0. The molecule has 2 aliphatic heterocycles. The van der Waals surface area contributed by atoms with Crippen molar-refractivity contribution in [2.75, 3.05) is 6.61 Å². The van der Waals surface area contributed by atoms with E-state index in [-0.39, 0.29) is 6.10 Å². The first-order valence-corrected chi connectivity index (χ1v) is 3.08. The lowest BCUT2D eigenvalue weighted by Crippen LogP contribution is -2.15.